The molecule has 0 aliphatic carbocycles. The summed E-state index contributed by atoms with van der Waals surface area (Å²) in [7, 11) is 0. The minimum atomic E-state index is -1.89. The van der Waals surface area contributed by atoms with Gasteiger partial charge in [-0.1, -0.05) is 31.2 Å². The highest BCUT2D eigenvalue weighted by molar-refractivity contribution is 5.98. The molecule has 3 aliphatic rings. The van der Waals surface area contributed by atoms with Crippen LogP contribution < -0.4 is 10.9 Å². The number of para-hydroxylation sites is 1. The van der Waals surface area contributed by atoms with E-state index in [4.69, 9.17) is 14.5 Å². The van der Waals surface area contributed by atoms with Crippen LogP contribution in [0.15, 0.2) is 52.8 Å². The third kappa shape index (κ3) is 3.98. The number of esters is 2. The van der Waals surface area contributed by atoms with E-state index in [0.717, 1.165) is 21.5 Å². The van der Waals surface area contributed by atoms with Crippen LogP contribution in [0.5, 0.6) is 0 Å². The number of aromatic nitrogens is 2. The van der Waals surface area contributed by atoms with E-state index >= 15 is 0 Å². The number of hydroxylamine groups is 2. The number of hydrogen-bond acceptors (Lipinski definition) is 8. The second kappa shape index (κ2) is 9.33. The lowest BCUT2D eigenvalue weighted by Gasteiger charge is -2.35. The largest absolute Gasteiger partial charge is 0.457 e. The molecule has 1 amide bonds. The Kier molecular flexibility index (Phi) is 6.18. The summed E-state index contributed by atoms with van der Waals surface area (Å²) in [5.74, 6) is -2.28. The number of hydrogen-bond donors (Lipinski definition) is 1. The maximum absolute atomic E-state index is 13.7. The second-order valence-electron chi connectivity index (χ2n) is 12.0. The van der Waals surface area contributed by atoms with Crippen LogP contribution in [-0.2, 0) is 47.8 Å². The zero-order valence-electron chi connectivity index (χ0n) is 24.1. The number of rotatable bonds is 5. The van der Waals surface area contributed by atoms with Gasteiger partial charge in [0.05, 0.1) is 40.1 Å². The van der Waals surface area contributed by atoms with Crippen LogP contribution in [0.25, 0.3) is 22.3 Å². The fourth-order valence-electron chi connectivity index (χ4n) is 6.32. The van der Waals surface area contributed by atoms with E-state index < -0.39 is 41.1 Å². The number of carbonyl (C=O) groups excluding carboxylic acids is 3. The number of fused-ring (bicyclic) bond motifs is 5. The van der Waals surface area contributed by atoms with Crippen molar-refractivity contribution in [3.63, 3.8) is 0 Å². The molecule has 1 atom stereocenters. The van der Waals surface area contributed by atoms with Crippen molar-refractivity contribution in [3.8, 4) is 11.4 Å². The molecule has 1 radical (unpaired) electrons. The highest BCUT2D eigenvalue weighted by Gasteiger charge is 2.51. The van der Waals surface area contributed by atoms with Gasteiger partial charge < -0.3 is 19.4 Å². The average Bonchev–Trinajstić information content (AvgIpc) is 3.39. The summed E-state index contributed by atoms with van der Waals surface area (Å²) in [6.07, 6.45) is 1.57. The summed E-state index contributed by atoms with van der Waals surface area (Å²) in [5, 5.41) is 17.0. The third-order valence-corrected chi connectivity index (χ3v) is 8.50. The van der Waals surface area contributed by atoms with Crippen molar-refractivity contribution in [2.45, 2.75) is 70.9 Å². The van der Waals surface area contributed by atoms with E-state index in [1.54, 1.807) is 51.3 Å². The lowest BCUT2D eigenvalue weighted by Crippen LogP contribution is -2.50. The monoisotopic (exact) mass is 571 g/mol. The topological polar surface area (TPSA) is 140 Å². The molecular formula is C31H31N4O7. The summed E-state index contributed by atoms with van der Waals surface area (Å²) in [4.78, 5) is 57.9. The lowest BCUT2D eigenvalue weighted by atomic mass is 9.85. The van der Waals surface area contributed by atoms with E-state index in [1.165, 1.54) is 0 Å². The molecule has 0 spiro atoms. The van der Waals surface area contributed by atoms with Gasteiger partial charge in [-0.05, 0) is 52.3 Å². The Morgan fingerprint density at radius 2 is 1.86 bits per heavy atom. The molecule has 0 fully saturated rings. The van der Waals surface area contributed by atoms with E-state index in [9.17, 15) is 24.4 Å². The molecule has 217 valence electrons. The molecule has 2 aromatic heterocycles. The second-order valence-corrected chi connectivity index (χ2v) is 12.0. The molecule has 1 aromatic carbocycles. The van der Waals surface area contributed by atoms with E-state index in [1.807, 2.05) is 30.3 Å². The first-order chi connectivity index (χ1) is 19.8. The van der Waals surface area contributed by atoms with Gasteiger partial charge in [0.1, 0.15) is 13.2 Å². The zero-order valence-corrected chi connectivity index (χ0v) is 24.1. The molecule has 3 aliphatic heterocycles. The smallest absolute Gasteiger partial charge is 0.355 e. The van der Waals surface area contributed by atoms with Gasteiger partial charge in [0, 0.05) is 22.1 Å². The highest BCUT2D eigenvalue weighted by atomic mass is 16.6. The van der Waals surface area contributed by atoms with Gasteiger partial charge in [-0.15, -0.1) is 10.3 Å². The average molecular weight is 572 g/mol. The van der Waals surface area contributed by atoms with Gasteiger partial charge in [-0.3, -0.25) is 14.4 Å². The Hall–Kier alpha value is -4.35. The Balaban J connectivity index is 1.32. The van der Waals surface area contributed by atoms with Crippen LogP contribution in [0.3, 0.4) is 0 Å². The third-order valence-electron chi connectivity index (χ3n) is 8.50. The Morgan fingerprint density at radius 3 is 2.55 bits per heavy atom. The first-order valence-electron chi connectivity index (χ1n) is 13.8. The number of pyridine rings is 2. The normalized spacial score (nSPS) is 21.7. The highest BCUT2D eigenvalue weighted by Crippen LogP contribution is 2.41. The van der Waals surface area contributed by atoms with Gasteiger partial charge >= 0.3 is 11.9 Å². The summed E-state index contributed by atoms with van der Waals surface area (Å²) in [6, 6.07) is 11.3. The molecule has 11 heteroatoms. The fraction of sp³-hybridized carbons (Fsp3) is 0.387. The van der Waals surface area contributed by atoms with Crippen molar-refractivity contribution in [2.24, 2.45) is 0 Å². The number of benzene rings is 1. The summed E-state index contributed by atoms with van der Waals surface area (Å²) < 4.78 is 12.8. The standard InChI is InChI=1S/C31H31N4O7/c1-6-31(42-24(36)14-32-26(37)21-13-29(2,3)35(40)30(21,4)5)20-12-23-25-18(11-17-9-7-8-10-22(17)33-25)15-34(23)27(38)19(20)16-41-28(31)39/h7-13H,6,14-16H2,1-5H3,(H,32,37)/t31-/m0/s1. The van der Waals surface area contributed by atoms with Crippen LogP contribution in [0.1, 0.15) is 57.7 Å². The van der Waals surface area contributed by atoms with Crippen molar-refractivity contribution in [1.82, 2.24) is 19.9 Å². The summed E-state index contributed by atoms with van der Waals surface area (Å²) >= 11 is 0. The molecule has 0 saturated heterocycles. The number of nitrogens with one attached hydrogen (secondary N) is 1. The Bertz CT molecular complexity index is 1790. The summed E-state index contributed by atoms with van der Waals surface area (Å²) in [6.45, 7) is 7.82. The number of cyclic esters (lactones) is 1. The molecule has 0 unspecified atom stereocenters. The predicted molar refractivity (Wildman–Crippen MR) is 150 cm³/mol. The van der Waals surface area contributed by atoms with Gasteiger partial charge in [-0.2, -0.15) is 0 Å². The number of amides is 1. The number of carbonyl (C=O) groups is 3. The van der Waals surface area contributed by atoms with E-state index in [2.05, 4.69) is 5.32 Å². The lowest BCUT2D eigenvalue weighted by molar-refractivity contribution is -0.238. The van der Waals surface area contributed by atoms with Crippen LogP contribution in [0, 0.1) is 0 Å². The number of nitrogens with zero attached hydrogens (tertiary/aromatic N) is 3. The van der Waals surface area contributed by atoms with Crippen molar-refractivity contribution in [1.29, 1.82) is 0 Å². The Labute approximate surface area is 241 Å². The van der Waals surface area contributed by atoms with Crippen molar-refractivity contribution in [2.75, 3.05) is 6.54 Å². The first-order valence-corrected chi connectivity index (χ1v) is 13.8. The molecule has 1 N–H and O–H groups in total. The molecular weight excluding hydrogens is 540 g/mol. The molecule has 3 aromatic rings. The van der Waals surface area contributed by atoms with E-state index in [0.29, 0.717) is 17.9 Å². The van der Waals surface area contributed by atoms with Crippen molar-refractivity contribution >= 4 is 28.7 Å². The quantitative estimate of drug-likeness (QED) is 0.361. The Morgan fingerprint density at radius 1 is 1.12 bits per heavy atom. The molecule has 0 bridgehead atoms. The molecule has 6 rings (SSSR count). The number of ether oxygens (including phenoxy) is 2. The van der Waals surface area contributed by atoms with E-state index in [-0.39, 0.29) is 35.3 Å². The van der Waals surface area contributed by atoms with Gasteiger partial charge in [0.15, 0.2) is 0 Å². The van der Waals surface area contributed by atoms with Crippen LogP contribution in [-0.4, -0.2) is 50.1 Å². The molecule has 11 nitrogen and oxygen atoms in total. The molecule has 42 heavy (non-hydrogen) atoms. The van der Waals surface area contributed by atoms with Gasteiger partial charge in [-0.25, -0.2) is 9.78 Å². The fourth-order valence-corrected chi connectivity index (χ4v) is 6.32. The minimum absolute atomic E-state index is 0.00304. The zero-order chi connectivity index (χ0) is 30.2. The van der Waals surface area contributed by atoms with Crippen LogP contribution >= 0.6 is 0 Å². The minimum Gasteiger partial charge on any atom is -0.457 e. The van der Waals surface area contributed by atoms with Gasteiger partial charge in [0.25, 0.3) is 5.56 Å². The molecule has 5 heterocycles. The SMILES string of the molecule is CC[C@@]1(OC(=O)CNC(=O)C2=CC(C)(C)N([O])C2(C)C)C(=O)OCc2c1cc1n(c2=O)Cc2cc3ccccc3nc2-1. The van der Waals surface area contributed by atoms with Crippen molar-refractivity contribution in [3.05, 3.63) is 75.1 Å². The first kappa shape index (κ1) is 27.8. The molecule has 0 saturated carbocycles. The maximum atomic E-state index is 13.7. The van der Waals surface area contributed by atoms with Gasteiger partial charge in [0.2, 0.25) is 11.5 Å². The maximum Gasteiger partial charge on any atom is 0.355 e. The van der Waals surface area contributed by atoms with Crippen LogP contribution in [0.4, 0.5) is 0 Å². The van der Waals surface area contributed by atoms with Crippen LogP contribution in [0.2, 0.25) is 0 Å². The summed E-state index contributed by atoms with van der Waals surface area (Å²) in [5.41, 5.74) is -0.746. The predicted octanol–water partition coefficient (Wildman–Crippen LogP) is 2.89. The van der Waals surface area contributed by atoms with Crippen molar-refractivity contribution < 1.29 is 29.1 Å².